The smallest absolute Gasteiger partial charge is 0.293 e. The SMILES string of the molecule is CC(C)(C)OC=O.IC1CCCNC1. The predicted octanol–water partition coefficient (Wildman–Crippen LogP) is 2.13. The Hall–Kier alpha value is 0.160. The Labute approximate surface area is 100 Å². The number of halogens is 1. The van der Waals surface area contributed by atoms with Gasteiger partial charge in [-0.25, -0.2) is 0 Å². The number of hydrogen-bond donors (Lipinski definition) is 1. The summed E-state index contributed by atoms with van der Waals surface area (Å²) >= 11 is 2.49. The highest BCUT2D eigenvalue weighted by Crippen LogP contribution is 2.09. The van der Waals surface area contributed by atoms with Gasteiger partial charge in [0.15, 0.2) is 0 Å². The van der Waals surface area contributed by atoms with Gasteiger partial charge < -0.3 is 10.1 Å². The van der Waals surface area contributed by atoms with Crippen LogP contribution in [0.15, 0.2) is 0 Å². The number of carbonyl (C=O) groups is 1. The average molecular weight is 313 g/mol. The highest BCUT2D eigenvalue weighted by atomic mass is 127. The van der Waals surface area contributed by atoms with Crippen LogP contribution < -0.4 is 5.32 Å². The zero-order chi connectivity index (χ0) is 11.0. The zero-order valence-corrected chi connectivity index (χ0v) is 11.3. The van der Waals surface area contributed by atoms with Crippen molar-refractivity contribution in [2.75, 3.05) is 13.1 Å². The molecule has 0 saturated carbocycles. The topological polar surface area (TPSA) is 38.3 Å². The van der Waals surface area contributed by atoms with Crippen LogP contribution in [0, 0.1) is 0 Å². The van der Waals surface area contributed by atoms with E-state index >= 15 is 0 Å². The van der Waals surface area contributed by atoms with Gasteiger partial charge in [0.25, 0.3) is 6.47 Å². The van der Waals surface area contributed by atoms with Crippen molar-refractivity contribution in [3.05, 3.63) is 0 Å². The van der Waals surface area contributed by atoms with Crippen molar-refractivity contribution in [3.63, 3.8) is 0 Å². The van der Waals surface area contributed by atoms with Crippen molar-refractivity contribution in [2.45, 2.75) is 43.1 Å². The third kappa shape index (κ3) is 10.2. The summed E-state index contributed by atoms with van der Waals surface area (Å²) in [6.45, 7) is 8.38. The van der Waals surface area contributed by atoms with Gasteiger partial charge in [0.05, 0.1) is 0 Å². The normalized spacial score (nSPS) is 21.9. The molecule has 0 bridgehead atoms. The van der Waals surface area contributed by atoms with E-state index in [9.17, 15) is 4.79 Å². The van der Waals surface area contributed by atoms with Gasteiger partial charge in [-0.2, -0.15) is 0 Å². The fourth-order valence-electron chi connectivity index (χ4n) is 0.954. The van der Waals surface area contributed by atoms with Crippen LogP contribution in [-0.4, -0.2) is 29.1 Å². The fourth-order valence-corrected chi connectivity index (χ4v) is 1.71. The summed E-state index contributed by atoms with van der Waals surface area (Å²) in [5.41, 5.74) is -0.318. The Balaban J connectivity index is 0.000000241. The number of rotatable bonds is 1. The van der Waals surface area contributed by atoms with Gasteiger partial charge in [0.2, 0.25) is 0 Å². The minimum atomic E-state index is -0.318. The Morgan fingerprint density at radius 1 is 1.50 bits per heavy atom. The van der Waals surface area contributed by atoms with Crippen LogP contribution in [0.1, 0.15) is 33.6 Å². The van der Waals surface area contributed by atoms with Crippen molar-refractivity contribution in [1.82, 2.24) is 5.32 Å². The molecule has 0 spiro atoms. The first-order valence-electron chi connectivity index (χ1n) is 4.92. The number of hydrogen-bond acceptors (Lipinski definition) is 3. The summed E-state index contributed by atoms with van der Waals surface area (Å²) < 4.78 is 5.44. The number of ether oxygens (including phenoxy) is 1. The second-order valence-corrected chi connectivity index (χ2v) is 6.03. The van der Waals surface area contributed by atoms with E-state index in [0.29, 0.717) is 6.47 Å². The lowest BCUT2D eigenvalue weighted by Crippen LogP contribution is -2.29. The van der Waals surface area contributed by atoms with Gasteiger partial charge in [-0.05, 0) is 40.2 Å². The summed E-state index contributed by atoms with van der Waals surface area (Å²) in [5, 5.41) is 3.33. The van der Waals surface area contributed by atoms with Crippen molar-refractivity contribution in [3.8, 4) is 0 Å². The van der Waals surface area contributed by atoms with Gasteiger partial charge in [0, 0.05) is 10.5 Å². The van der Waals surface area contributed by atoms with E-state index in [1.54, 1.807) is 0 Å². The Morgan fingerprint density at radius 2 is 2.14 bits per heavy atom. The quantitative estimate of drug-likeness (QED) is 0.458. The molecule has 84 valence electrons. The van der Waals surface area contributed by atoms with Crippen LogP contribution in [0.2, 0.25) is 0 Å². The molecule has 3 nitrogen and oxygen atoms in total. The zero-order valence-electron chi connectivity index (χ0n) is 9.18. The highest BCUT2D eigenvalue weighted by Gasteiger charge is 2.07. The Kier molecular flexibility index (Phi) is 7.54. The molecular formula is C10H20INO2. The van der Waals surface area contributed by atoms with E-state index in [1.165, 1.54) is 25.9 Å². The number of nitrogens with one attached hydrogen (secondary N) is 1. The standard InChI is InChI=1S/C5H10IN.C5H10O2/c6-5-2-1-3-7-4-5;1-5(2,3)7-4-6/h5,7H,1-4H2;4H,1-3H3. The van der Waals surface area contributed by atoms with Crippen molar-refractivity contribution in [1.29, 1.82) is 0 Å². The van der Waals surface area contributed by atoms with Gasteiger partial charge in [-0.3, -0.25) is 4.79 Å². The molecule has 0 aliphatic carbocycles. The second kappa shape index (κ2) is 7.45. The molecule has 1 atom stereocenters. The summed E-state index contributed by atoms with van der Waals surface area (Å²) in [5.74, 6) is 0. The van der Waals surface area contributed by atoms with Crippen molar-refractivity contribution < 1.29 is 9.53 Å². The van der Waals surface area contributed by atoms with Crippen molar-refractivity contribution >= 4 is 29.1 Å². The van der Waals surface area contributed by atoms with Crippen LogP contribution in [-0.2, 0) is 9.53 Å². The molecule has 0 aromatic carbocycles. The van der Waals surface area contributed by atoms with E-state index in [1.807, 2.05) is 20.8 Å². The monoisotopic (exact) mass is 313 g/mol. The lowest BCUT2D eigenvalue weighted by Gasteiger charge is -2.16. The Bertz CT molecular complexity index is 151. The number of carbonyl (C=O) groups excluding carboxylic acids is 1. The van der Waals surface area contributed by atoms with E-state index in [-0.39, 0.29) is 5.60 Å². The first-order chi connectivity index (χ1) is 6.45. The van der Waals surface area contributed by atoms with Crippen LogP contribution >= 0.6 is 22.6 Å². The van der Waals surface area contributed by atoms with Gasteiger partial charge in [-0.1, -0.05) is 22.6 Å². The number of piperidine rings is 1. The highest BCUT2D eigenvalue weighted by molar-refractivity contribution is 14.1. The molecule has 14 heavy (non-hydrogen) atoms. The molecule has 0 aromatic rings. The largest absolute Gasteiger partial charge is 0.462 e. The average Bonchev–Trinajstić information content (AvgIpc) is 2.04. The van der Waals surface area contributed by atoms with E-state index in [0.717, 1.165) is 3.92 Å². The molecule has 1 aliphatic heterocycles. The lowest BCUT2D eigenvalue weighted by atomic mass is 10.2. The third-order valence-electron chi connectivity index (χ3n) is 1.64. The molecule has 1 N–H and O–H groups in total. The van der Waals surface area contributed by atoms with E-state index in [4.69, 9.17) is 0 Å². The first kappa shape index (κ1) is 14.2. The number of alkyl halides is 1. The van der Waals surface area contributed by atoms with E-state index in [2.05, 4.69) is 32.6 Å². The van der Waals surface area contributed by atoms with Gasteiger partial charge in [-0.15, -0.1) is 0 Å². The fraction of sp³-hybridized carbons (Fsp3) is 0.900. The maximum Gasteiger partial charge on any atom is 0.293 e. The van der Waals surface area contributed by atoms with Crippen LogP contribution in [0.3, 0.4) is 0 Å². The summed E-state index contributed by atoms with van der Waals surface area (Å²) in [7, 11) is 0. The minimum absolute atomic E-state index is 0.318. The molecule has 1 saturated heterocycles. The molecule has 1 unspecified atom stereocenters. The molecule has 1 aliphatic rings. The molecule has 0 amide bonds. The molecule has 1 rings (SSSR count). The summed E-state index contributed by atoms with van der Waals surface area (Å²) in [6, 6.07) is 0. The summed E-state index contributed by atoms with van der Waals surface area (Å²) in [6.07, 6.45) is 2.78. The van der Waals surface area contributed by atoms with Crippen LogP contribution in [0.5, 0.6) is 0 Å². The Morgan fingerprint density at radius 3 is 2.29 bits per heavy atom. The van der Waals surface area contributed by atoms with Crippen LogP contribution in [0.25, 0.3) is 0 Å². The van der Waals surface area contributed by atoms with Gasteiger partial charge in [0.1, 0.15) is 5.60 Å². The predicted molar refractivity (Wildman–Crippen MR) is 66.8 cm³/mol. The molecule has 0 aromatic heterocycles. The molecule has 1 fully saturated rings. The molecule has 0 radical (unpaired) electrons. The maximum atomic E-state index is 9.60. The minimum Gasteiger partial charge on any atom is -0.462 e. The first-order valence-corrected chi connectivity index (χ1v) is 6.16. The summed E-state index contributed by atoms with van der Waals surface area (Å²) in [4.78, 5) is 9.60. The van der Waals surface area contributed by atoms with Crippen LogP contribution in [0.4, 0.5) is 0 Å². The molecular weight excluding hydrogens is 293 g/mol. The third-order valence-corrected chi connectivity index (χ3v) is 2.70. The second-order valence-electron chi connectivity index (χ2n) is 4.27. The maximum absolute atomic E-state index is 9.60. The lowest BCUT2D eigenvalue weighted by molar-refractivity contribution is -0.138. The van der Waals surface area contributed by atoms with Crippen molar-refractivity contribution in [2.24, 2.45) is 0 Å². The van der Waals surface area contributed by atoms with Gasteiger partial charge >= 0.3 is 0 Å². The molecule has 4 heteroatoms. The molecule has 1 heterocycles. The van der Waals surface area contributed by atoms with E-state index < -0.39 is 0 Å².